The van der Waals surface area contributed by atoms with Crippen molar-refractivity contribution >= 4 is 22.4 Å². The molecule has 1 amide bonds. The average Bonchev–Trinajstić information content (AvgIpc) is 3.27. The molecule has 1 saturated heterocycles. The van der Waals surface area contributed by atoms with Crippen LogP contribution in [0.25, 0.3) is 0 Å². The number of thiazole rings is 1. The lowest BCUT2D eigenvalue weighted by Crippen LogP contribution is -2.32. The van der Waals surface area contributed by atoms with Crippen LogP contribution in [0.4, 0.5) is 5.13 Å². The van der Waals surface area contributed by atoms with E-state index >= 15 is 0 Å². The van der Waals surface area contributed by atoms with E-state index in [1.54, 1.807) is 11.3 Å². The minimum Gasteiger partial charge on any atom is -0.493 e. The van der Waals surface area contributed by atoms with E-state index in [1.807, 2.05) is 24.3 Å². The van der Waals surface area contributed by atoms with Crippen molar-refractivity contribution in [2.24, 2.45) is 5.92 Å². The van der Waals surface area contributed by atoms with E-state index in [0.717, 1.165) is 48.1 Å². The highest BCUT2D eigenvalue weighted by molar-refractivity contribution is 7.13. The Morgan fingerprint density at radius 1 is 1.32 bits per heavy atom. The van der Waals surface area contributed by atoms with Crippen molar-refractivity contribution in [3.63, 3.8) is 0 Å². The number of fused-ring (bicyclic) bond motifs is 1. The van der Waals surface area contributed by atoms with Crippen LogP contribution in [-0.2, 0) is 17.8 Å². The lowest BCUT2D eigenvalue weighted by molar-refractivity contribution is -0.125. The summed E-state index contributed by atoms with van der Waals surface area (Å²) in [4.78, 5) is 19.6. The molecule has 25 heavy (non-hydrogen) atoms. The third-order valence-corrected chi connectivity index (χ3v) is 5.84. The van der Waals surface area contributed by atoms with Crippen LogP contribution < -0.4 is 15.0 Å². The van der Waals surface area contributed by atoms with Crippen LogP contribution >= 0.6 is 11.3 Å². The third kappa shape index (κ3) is 3.79. The van der Waals surface area contributed by atoms with E-state index < -0.39 is 0 Å². The van der Waals surface area contributed by atoms with Gasteiger partial charge in [0.15, 0.2) is 5.13 Å². The second-order valence-electron chi connectivity index (χ2n) is 6.68. The van der Waals surface area contributed by atoms with E-state index in [0.29, 0.717) is 13.2 Å². The summed E-state index contributed by atoms with van der Waals surface area (Å²) in [7, 11) is 0. The Balaban J connectivity index is 1.34. The van der Waals surface area contributed by atoms with Gasteiger partial charge in [0, 0.05) is 24.4 Å². The van der Waals surface area contributed by atoms with Crippen molar-refractivity contribution in [3.05, 3.63) is 40.9 Å². The Morgan fingerprint density at radius 3 is 3.04 bits per heavy atom. The van der Waals surface area contributed by atoms with Gasteiger partial charge in [-0.05, 0) is 37.3 Å². The molecule has 1 atom stereocenters. The quantitative estimate of drug-likeness (QED) is 0.914. The minimum absolute atomic E-state index is 0.0414. The molecule has 0 bridgehead atoms. The summed E-state index contributed by atoms with van der Waals surface area (Å²) in [6.07, 6.45) is 3.97. The summed E-state index contributed by atoms with van der Waals surface area (Å²) in [5.41, 5.74) is 2.07. The third-order valence-electron chi connectivity index (χ3n) is 4.89. The van der Waals surface area contributed by atoms with Gasteiger partial charge in [-0.3, -0.25) is 4.79 Å². The lowest BCUT2D eigenvalue weighted by Gasteiger charge is -2.14. The van der Waals surface area contributed by atoms with E-state index in [1.165, 1.54) is 12.8 Å². The van der Waals surface area contributed by atoms with Crippen molar-refractivity contribution in [2.75, 3.05) is 24.6 Å². The first kappa shape index (κ1) is 16.4. The number of nitrogens with one attached hydrogen (secondary N) is 1. The Bertz CT molecular complexity index is 740. The van der Waals surface area contributed by atoms with Crippen molar-refractivity contribution in [1.29, 1.82) is 0 Å². The standard InChI is InChI=1S/C19H23N3O2S/c23-18(15-7-10-24-17-6-2-1-5-14(17)11-15)20-12-16-13-25-19(21-16)22-8-3-4-9-22/h1-2,5-6,13,15H,3-4,7-12H2,(H,20,23)/t15-/m1/s1. The van der Waals surface area contributed by atoms with Crippen molar-refractivity contribution in [2.45, 2.75) is 32.2 Å². The van der Waals surface area contributed by atoms with Crippen LogP contribution in [0, 0.1) is 5.92 Å². The molecule has 1 fully saturated rings. The van der Waals surface area contributed by atoms with Gasteiger partial charge in [-0.15, -0.1) is 11.3 Å². The topological polar surface area (TPSA) is 54.5 Å². The van der Waals surface area contributed by atoms with Crippen molar-refractivity contribution in [3.8, 4) is 5.75 Å². The normalized spacial score (nSPS) is 19.8. The molecule has 5 nitrogen and oxygen atoms in total. The minimum atomic E-state index is -0.0414. The number of carbonyl (C=O) groups excluding carboxylic acids is 1. The number of aromatic nitrogens is 1. The molecule has 2 aliphatic rings. The van der Waals surface area contributed by atoms with E-state index in [9.17, 15) is 4.79 Å². The summed E-state index contributed by atoms with van der Waals surface area (Å²) < 4.78 is 5.76. The number of hydrogen-bond acceptors (Lipinski definition) is 5. The maximum atomic E-state index is 12.6. The molecule has 2 aliphatic heterocycles. The van der Waals surface area contributed by atoms with Gasteiger partial charge in [-0.2, -0.15) is 0 Å². The molecule has 1 aromatic carbocycles. The number of rotatable bonds is 4. The Kier molecular flexibility index (Phi) is 4.88. The smallest absolute Gasteiger partial charge is 0.223 e. The summed E-state index contributed by atoms with van der Waals surface area (Å²) in [6.45, 7) is 3.29. The molecule has 4 rings (SSSR count). The number of nitrogens with zero attached hydrogens (tertiary/aromatic N) is 2. The molecular weight excluding hydrogens is 334 g/mol. The zero-order valence-electron chi connectivity index (χ0n) is 14.2. The predicted octanol–water partition coefficient (Wildman–Crippen LogP) is 3.00. The van der Waals surface area contributed by atoms with Crippen LogP contribution in [0.5, 0.6) is 5.75 Å². The molecule has 0 aliphatic carbocycles. The van der Waals surface area contributed by atoms with Crippen LogP contribution in [-0.4, -0.2) is 30.6 Å². The average molecular weight is 357 g/mol. The first-order valence-corrected chi connectivity index (χ1v) is 9.85. The highest BCUT2D eigenvalue weighted by Gasteiger charge is 2.24. The number of hydrogen-bond donors (Lipinski definition) is 1. The monoisotopic (exact) mass is 357 g/mol. The maximum Gasteiger partial charge on any atom is 0.223 e. The van der Waals surface area contributed by atoms with Crippen LogP contribution in [0.1, 0.15) is 30.5 Å². The Hall–Kier alpha value is -2.08. The molecule has 0 unspecified atom stereocenters. The molecule has 1 aromatic heterocycles. The number of amides is 1. The van der Waals surface area contributed by atoms with Gasteiger partial charge in [-0.1, -0.05) is 18.2 Å². The van der Waals surface area contributed by atoms with Crippen molar-refractivity contribution < 1.29 is 9.53 Å². The molecule has 2 aromatic rings. The highest BCUT2D eigenvalue weighted by Crippen LogP contribution is 2.27. The van der Waals surface area contributed by atoms with Gasteiger partial charge < -0.3 is 15.0 Å². The number of para-hydroxylation sites is 1. The van der Waals surface area contributed by atoms with Gasteiger partial charge >= 0.3 is 0 Å². The lowest BCUT2D eigenvalue weighted by atomic mass is 9.96. The van der Waals surface area contributed by atoms with Crippen LogP contribution in [0.3, 0.4) is 0 Å². The zero-order valence-corrected chi connectivity index (χ0v) is 15.1. The summed E-state index contributed by atoms with van der Waals surface area (Å²) in [6, 6.07) is 7.99. The fraction of sp³-hybridized carbons (Fsp3) is 0.474. The van der Waals surface area contributed by atoms with Gasteiger partial charge in [0.05, 0.1) is 18.8 Å². The first-order valence-electron chi connectivity index (χ1n) is 8.97. The first-order chi connectivity index (χ1) is 12.3. The second kappa shape index (κ2) is 7.44. The number of benzene rings is 1. The van der Waals surface area contributed by atoms with E-state index in [4.69, 9.17) is 4.74 Å². The number of ether oxygens (including phenoxy) is 1. The second-order valence-corrected chi connectivity index (χ2v) is 7.52. The molecule has 3 heterocycles. The highest BCUT2D eigenvalue weighted by atomic mass is 32.1. The fourth-order valence-corrected chi connectivity index (χ4v) is 4.35. The van der Waals surface area contributed by atoms with Crippen molar-refractivity contribution in [1.82, 2.24) is 10.3 Å². The van der Waals surface area contributed by atoms with Gasteiger partial charge in [0.2, 0.25) is 5.91 Å². The summed E-state index contributed by atoms with van der Waals surface area (Å²) in [5.74, 6) is 0.962. The molecule has 0 spiro atoms. The molecule has 1 N–H and O–H groups in total. The maximum absolute atomic E-state index is 12.6. The molecule has 6 heteroatoms. The van der Waals surface area contributed by atoms with E-state index in [-0.39, 0.29) is 11.8 Å². The van der Waals surface area contributed by atoms with Gasteiger partial charge in [0.25, 0.3) is 0 Å². The zero-order chi connectivity index (χ0) is 17.1. The number of carbonyl (C=O) groups is 1. The molecule has 0 saturated carbocycles. The predicted molar refractivity (Wildman–Crippen MR) is 99.2 cm³/mol. The van der Waals surface area contributed by atoms with Gasteiger partial charge in [-0.25, -0.2) is 4.98 Å². The largest absolute Gasteiger partial charge is 0.493 e. The Morgan fingerprint density at radius 2 is 2.16 bits per heavy atom. The SMILES string of the molecule is O=C(NCc1csc(N2CCCC2)n1)[C@@H]1CCOc2ccccc2C1. The van der Waals surface area contributed by atoms with Crippen LogP contribution in [0.2, 0.25) is 0 Å². The Labute approximate surface area is 152 Å². The molecule has 0 radical (unpaired) electrons. The fourth-order valence-electron chi connectivity index (χ4n) is 3.47. The molecule has 132 valence electrons. The van der Waals surface area contributed by atoms with Gasteiger partial charge in [0.1, 0.15) is 5.75 Å². The summed E-state index contributed by atoms with van der Waals surface area (Å²) >= 11 is 1.67. The number of anilines is 1. The molecular formula is C19H23N3O2S. The van der Waals surface area contributed by atoms with E-state index in [2.05, 4.69) is 20.6 Å². The summed E-state index contributed by atoms with van der Waals surface area (Å²) in [5, 5.41) is 6.20. The van der Waals surface area contributed by atoms with Crippen LogP contribution in [0.15, 0.2) is 29.6 Å².